The molecular weight excluding hydrogens is 386 g/mol. The van der Waals surface area contributed by atoms with Gasteiger partial charge in [0.05, 0.1) is 12.7 Å². The van der Waals surface area contributed by atoms with E-state index in [4.69, 9.17) is 9.72 Å². The Morgan fingerprint density at radius 1 is 1.03 bits per heavy atom. The number of anilines is 2. The molecule has 1 aliphatic heterocycles. The van der Waals surface area contributed by atoms with Gasteiger partial charge in [0.25, 0.3) is 0 Å². The molecule has 0 spiro atoms. The predicted octanol–water partition coefficient (Wildman–Crippen LogP) is 4.75. The highest BCUT2D eigenvalue weighted by Crippen LogP contribution is 2.27. The van der Waals surface area contributed by atoms with Crippen molar-refractivity contribution in [2.45, 2.75) is 26.9 Å². The van der Waals surface area contributed by atoms with E-state index in [1.165, 1.54) is 22.3 Å². The monoisotopic (exact) mass is 413 g/mol. The molecule has 0 saturated carbocycles. The van der Waals surface area contributed by atoms with Gasteiger partial charge in [0.15, 0.2) is 0 Å². The Balaban J connectivity index is 1.46. The summed E-state index contributed by atoms with van der Waals surface area (Å²) < 4.78 is 8.05. The van der Waals surface area contributed by atoms with E-state index in [-0.39, 0.29) is 6.10 Å². The Bertz CT molecular complexity index is 1240. The van der Waals surface area contributed by atoms with E-state index in [2.05, 4.69) is 77.4 Å². The lowest BCUT2D eigenvalue weighted by Crippen LogP contribution is -2.33. The number of ether oxygens (including phenoxy) is 1. The van der Waals surface area contributed by atoms with Gasteiger partial charge in [0, 0.05) is 42.2 Å². The molecule has 4 aromatic rings. The summed E-state index contributed by atoms with van der Waals surface area (Å²) in [6, 6.07) is 14.8. The number of rotatable bonds is 4. The van der Waals surface area contributed by atoms with Gasteiger partial charge in [-0.2, -0.15) is 4.98 Å². The lowest BCUT2D eigenvalue weighted by molar-refractivity contribution is 0.0273. The Kier molecular flexibility index (Phi) is 5.18. The molecule has 0 bridgehead atoms. The summed E-state index contributed by atoms with van der Waals surface area (Å²) in [7, 11) is 0. The number of nitrogens with one attached hydrogen (secondary N) is 2. The SMILES string of the molecule is Cc1ccc(Nc2ncc3ccn(-c4ccc(C5CNCCO5)c(C)c4)c3n2)cc1C. The van der Waals surface area contributed by atoms with E-state index >= 15 is 0 Å². The van der Waals surface area contributed by atoms with Crippen LogP contribution in [0.25, 0.3) is 16.7 Å². The Morgan fingerprint density at radius 3 is 2.71 bits per heavy atom. The second-order valence-electron chi connectivity index (χ2n) is 8.19. The number of benzene rings is 2. The van der Waals surface area contributed by atoms with Gasteiger partial charge in [-0.05, 0) is 73.4 Å². The minimum absolute atomic E-state index is 0.111. The fraction of sp³-hybridized carbons (Fsp3) is 0.280. The molecule has 6 nitrogen and oxygen atoms in total. The van der Waals surface area contributed by atoms with E-state index in [0.717, 1.165) is 42.1 Å². The first-order valence-electron chi connectivity index (χ1n) is 10.7. The molecule has 0 amide bonds. The number of morpholine rings is 1. The van der Waals surface area contributed by atoms with Gasteiger partial charge in [-0.25, -0.2) is 4.98 Å². The fourth-order valence-corrected chi connectivity index (χ4v) is 4.07. The maximum atomic E-state index is 5.94. The average molecular weight is 414 g/mol. The lowest BCUT2D eigenvalue weighted by Gasteiger charge is -2.25. The minimum Gasteiger partial charge on any atom is -0.371 e. The Hall–Kier alpha value is -3.22. The maximum absolute atomic E-state index is 5.94. The number of aryl methyl sites for hydroxylation is 3. The van der Waals surface area contributed by atoms with Crippen LogP contribution < -0.4 is 10.6 Å². The molecule has 2 aromatic heterocycles. The molecule has 3 heterocycles. The second-order valence-corrected chi connectivity index (χ2v) is 8.19. The van der Waals surface area contributed by atoms with Crippen LogP contribution in [0.3, 0.4) is 0 Å². The molecule has 0 aliphatic carbocycles. The third-order valence-corrected chi connectivity index (χ3v) is 6.00. The van der Waals surface area contributed by atoms with E-state index in [0.29, 0.717) is 5.95 Å². The highest BCUT2D eigenvalue weighted by atomic mass is 16.5. The van der Waals surface area contributed by atoms with Crippen molar-refractivity contribution in [3.05, 3.63) is 77.1 Å². The van der Waals surface area contributed by atoms with Crippen molar-refractivity contribution in [1.82, 2.24) is 19.9 Å². The summed E-state index contributed by atoms with van der Waals surface area (Å²) in [5.41, 5.74) is 7.91. The number of hydrogen-bond acceptors (Lipinski definition) is 5. The molecule has 2 N–H and O–H groups in total. The molecule has 31 heavy (non-hydrogen) atoms. The van der Waals surface area contributed by atoms with Crippen molar-refractivity contribution < 1.29 is 4.74 Å². The second kappa shape index (κ2) is 8.13. The van der Waals surface area contributed by atoms with Gasteiger partial charge in [-0.15, -0.1) is 0 Å². The highest BCUT2D eigenvalue weighted by molar-refractivity contribution is 5.79. The van der Waals surface area contributed by atoms with Crippen molar-refractivity contribution in [2.75, 3.05) is 25.0 Å². The van der Waals surface area contributed by atoms with Crippen molar-refractivity contribution in [3.8, 4) is 5.69 Å². The Morgan fingerprint density at radius 2 is 1.94 bits per heavy atom. The van der Waals surface area contributed by atoms with Crippen molar-refractivity contribution in [2.24, 2.45) is 0 Å². The topological polar surface area (TPSA) is 64.0 Å². The van der Waals surface area contributed by atoms with E-state index in [9.17, 15) is 0 Å². The largest absolute Gasteiger partial charge is 0.371 e. The predicted molar refractivity (Wildman–Crippen MR) is 124 cm³/mol. The molecule has 158 valence electrons. The molecule has 1 fully saturated rings. The van der Waals surface area contributed by atoms with Crippen LogP contribution in [0.15, 0.2) is 54.9 Å². The molecule has 1 saturated heterocycles. The zero-order valence-electron chi connectivity index (χ0n) is 18.1. The van der Waals surface area contributed by atoms with Crippen LogP contribution in [-0.4, -0.2) is 34.2 Å². The quantitative estimate of drug-likeness (QED) is 0.505. The number of nitrogens with zero attached hydrogens (tertiary/aromatic N) is 3. The van der Waals surface area contributed by atoms with Crippen LogP contribution >= 0.6 is 0 Å². The Labute approximate surface area is 182 Å². The van der Waals surface area contributed by atoms with E-state index in [1.807, 2.05) is 18.5 Å². The first-order chi connectivity index (χ1) is 15.1. The zero-order valence-corrected chi connectivity index (χ0v) is 18.1. The summed E-state index contributed by atoms with van der Waals surface area (Å²) in [5.74, 6) is 0.589. The van der Waals surface area contributed by atoms with Gasteiger partial charge >= 0.3 is 0 Å². The van der Waals surface area contributed by atoms with Gasteiger partial charge in [-0.1, -0.05) is 12.1 Å². The molecule has 6 heteroatoms. The number of fused-ring (bicyclic) bond motifs is 1. The third-order valence-electron chi connectivity index (χ3n) is 6.00. The molecule has 1 aliphatic rings. The van der Waals surface area contributed by atoms with Crippen molar-refractivity contribution in [1.29, 1.82) is 0 Å². The summed E-state index contributed by atoms with van der Waals surface area (Å²) >= 11 is 0. The normalized spacial score (nSPS) is 16.5. The first kappa shape index (κ1) is 19.7. The fourth-order valence-electron chi connectivity index (χ4n) is 4.07. The standard InChI is InChI=1S/C25H27N5O/c1-16-4-5-20(12-17(16)2)28-25-27-14-19-8-10-30(24(19)29-25)21-6-7-22(18(3)13-21)23-15-26-9-11-31-23/h4-8,10,12-14,23,26H,9,11,15H2,1-3H3,(H,27,28,29). The van der Waals surface area contributed by atoms with Crippen molar-refractivity contribution in [3.63, 3.8) is 0 Å². The zero-order chi connectivity index (χ0) is 21.4. The molecule has 2 aromatic carbocycles. The smallest absolute Gasteiger partial charge is 0.229 e. The van der Waals surface area contributed by atoms with Crippen LogP contribution in [0.1, 0.15) is 28.4 Å². The van der Waals surface area contributed by atoms with Crippen LogP contribution in [0.2, 0.25) is 0 Å². The molecular formula is C25H27N5O. The van der Waals surface area contributed by atoms with Gasteiger partial charge in [0.1, 0.15) is 5.65 Å². The minimum atomic E-state index is 0.111. The van der Waals surface area contributed by atoms with Gasteiger partial charge in [-0.3, -0.25) is 0 Å². The average Bonchev–Trinajstić information content (AvgIpc) is 3.20. The van der Waals surface area contributed by atoms with Crippen LogP contribution in [-0.2, 0) is 4.74 Å². The maximum Gasteiger partial charge on any atom is 0.229 e. The van der Waals surface area contributed by atoms with E-state index in [1.54, 1.807) is 0 Å². The van der Waals surface area contributed by atoms with Crippen LogP contribution in [0.4, 0.5) is 11.6 Å². The molecule has 5 rings (SSSR count). The van der Waals surface area contributed by atoms with Crippen LogP contribution in [0, 0.1) is 20.8 Å². The lowest BCUT2D eigenvalue weighted by atomic mass is 10.0. The third kappa shape index (κ3) is 3.92. The molecule has 1 atom stereocenters. The van der Waals surface area contributed by atoms with Gasteiger partial charge in [0.2, 0.25) is 5.95 Å². The highest BCUT2D eigenvalue weighted by Gasteiger charge is 2.18. The van der Waals surface area contributed by atoms with Gasteiger partial charge < -0.3 is 19.9 Å². The number of aromatic nitrogens is 3. The molecule has 1 unspecified atom stereocenters. The van der Waals surface area contributed by atoms with E-state index < -0.39 is 0 Å². The first-order valence-corrected chi connectivity index (χ1v) is 10.7. The summed E-state index contributed by atoms with van der Waals surface area (Å²) in [4.78, 5) is 9.30. The van der Waals surface area contributed by atoms with Crippen molar-refractivity contribution >= 4 is 22.7 Å². The summed E-state index contributed by atoms with van der Waals surface area (Å²) in [6.07, 6.45) is 4.03. The van der Waals surface area contributed by atoms with Crippen LogP contribution in [0.5, 0.6) is 0 Å². The molecule has 0 radical (unpaired) electrons. The summed E-state index contributed by atoms with van der Waals surface area (Å²) in [6.45, 7) is 8.88. The number of hydrogen-bond donors (Lipinski definition) is 2. The summed E-state index contributed by atoms with van der Waals surface area (Å²) in [5, 5.41) is 7.75.